The first-order chi connectivity index (χ1) is 9.98. The fourth-order valence-electron chi connectivity index (χ4n) is 2.45. The molecule has 0 aromatic heterocycles. The van der Waals surface area contributed by atoms with E-state index in [9.17, 15) is 13.2 Å². The van der Waals surface area contributed by atoms with Crippen LogP contribution in [0.4, 0.5) is 13.2 Å². The molecule has 1 aliphatic rings. The van der Waals surface area contributed by atoms with Gasteiger partial charge < -0.3 is 9.84 Å². The maximum absolute atomic E-state index is 12.1. The predicted octanol–water partition coefficient (Wildman–Crippen LogP) is 3.32. The third-order valence-electron chi connectivity index (χ3n) is 3.74. The van der Waals surface area contributed by atoms with Gasteiger partial charge in [-0.3, -0.25) is 4.90 Å². The van der Waals surface area contributed by atoms with Gasteiger partial charge in [0, 0.05) is 25.7 Å². The molecule has 0 heterocycles. The summed E-state index contributed by atoms with van der Waals surface area (Å²) in [6.45, 7) is 1.65. The van der Waals surface area contributed by atoms with E-state index >= 15 is 0 Å². The Bertz CT molecular complexity index is 430. The summed E-state index contributed by atoms with van der Waals surface area (Å²) in [5, 5.41) is 8.95. The summed E-state index contributed by atoms with van der Waals surface area (Å²) in [5.74, 6) is -0.197. The highest BCUT2D eigenvalue weighted by molar-refractivity contribution is 5.27. The van der Waals surface area contributed by atoms with Gasteiger partial charge in [0.1, 0.15) is 5.75 Å². The predicted molar refractivity (Wildman–Crippen MR) is 72.9 cm³/mol. The number of ether oxygens (including phenoxy) is 1. The SMILES string of the molecule is OCCCN(Cc1ccc(OC(F)(F)F)cc1)C1CCC1. The van der Waals surface area contributed by atoms with Crippen molar-refractivity contribution in [2.45, 2.75) is 44.6 Å². The Morgan fingerprint density at radius 1 is 1.19 bits per heavy atom. The first-order valence-electron chi connectivity index (χ1n) is 7.17. The lowest BCUT2D eigenvalue weighted by atomic mass is 9.91. The van der Waals surface area contributed by atoms with Gasteiger partial charge in [0.25, 0.3) is 0 Å². The molecule has 0 bridgehead atoms. The number of benzene rings is 1. The van der Waals surface area contributed by atoms with Crippen LogP contribution in [0.2, 0.25) is 0 Å². The van der Waals surface area contributed by atoms with Crippen LogP contribution in [0.25, 0.3) is 0 Å². The van der Waals surface area contributed by atoms with E-state index in [0.29, 0.717) is 19.0 Å². The molecule has 0 saturated heterocycles. The first kappa shape index (κ1) is 16.1. The minimum absolute atomic E-state index is 0.154. The molecule has 1 N–H and O–H groups in total. The molecule has 1 aromatic carbocycles. The number of hydrogen-bond acceptors (Lipinski definition) is 3. The van der Waals surface area contributed by atoms with E-state index in [0.717, 1.165) is 24.9 Å². The maximum Gasteiger partial charge on any atom is 0.573 e. The van der Waals surface area contributed by atoms with Gasteiger partial charge in [-0.1, -0.05) is 18.6 Å². The molecule has 0 unspecified atom stereocenters. The van der Waals surface area contributed by atoms with Crippen molar-refractivity contribution in [2.75, 3.05) is 13.2 Å². The van der Waals surface area contributed by atoms with E-state index < -0.39 is 6.36 Å². The third kappa shape index (κ3) is 5.21. The summed E-state index contributed by atoms with van der Waals surface area (Å²) in [4.78, 5) is 2.29. The number of aliphatic hydroxyl groups is 1. The molecule has 0 atom stereocenters. The van der Waals surface area contributed by atoms with E-state index in [2.05, 4.69) is 9.64 Å². The van der Waals surface area contributed by atoms with Crippen LogP contribution in [0.3, 0.4) is 0 Å². The minimum atomic E-state index is -4.65. The molecule has 0 spiro atoms. The molecule has 0 radical (unpaired) electrons. The number of nitrogens with zero attached hydrogens (tertiary/aromatic N) is 1. The molecular weight excluding hydrogens is 283 g/mol. The second kappa shape index (κ2) is 7.13. The molecule has 6 heteroatoms. The molecule has 2 rings (SSSR count). The van der Waals surface area contributed by atoms with Crippen LogP contribution in [0, 0.1) is 0 Å². The number of halogens is 3. The molecule has 0 aliphatic heterocycles. The van der Waals surface area contributed by atoms with Crippen molar-refractivity contribution in [1.82, 2.24) is 4.90 Å². The number of alkyl halides is 3. The topological polar surface area (TPSA) is 32.7 Å². The van der Waals surface area contributed by atoms with Crippen LogP contribution < -0.4 is 4.74 Å². The van der Waals surface area contributed by atoms with E-state index in [1.165, 1.54) is 18.6 Å². The van der Waals surface area contributed by atoms with Crippen molar-refractivity contribution in [3.05, 3.63) is 29.8 Å². The number of rotatable bonds is 7. The van der Waals surface area contributed by atoms with Gasteiger partial charge in [0.2, 0.25) is 0 Å². The summed E-state index contributed by atoms with van der Waals surface area (Å²) in [6.07, 6.45) is -0.410. The van der Waals surface area contributed by atoms with Crippen molar-refractivity contribution in [2.24, 2.45) is 0 Å². The summed E-state index contributed by atoms with van der Waals surface area (Å²) in [5.41, 5.74) is 0.953. The van der Waals surface area contributed by atoms with Crippen molar-refractivity contribution < 1.29 is 23.0 Å². The first-order valence-corrected chi connectivity index (χ1v) is 7.17. The summed E-state index contributed by atoms with van der Waals surface area (Å²) in [7, 11) is 0. The molecule has 118 valence electrons. The van der Waals surface area contributed by atoms with E-state index in [1.54, 1.807) is 12.1 Å². The van der Waals surface area contributed by atoms with Crippen LogP contribution in [-0.4, -0.2) is 35.6 Å². The highest BCUT2D eigenvalue weighted by Crippen LogP contribution is 2.27. The normalized spacial score (nSPS) is 16.0. The smallest absolute Gasteiger partial charge is 0.406 e. The summed E-state index contributed by atoms with van der Waals surface area (Å²) < 4.78 is 40.1. The summed E-state index contributed by atoms with van der Waals surface area (Å²) in [6, 6.07) is 6.53. The Hall–Kier alpha value is -1.27. The highest BCUT2D eigenvalue weighted by Gasteiger charge is 2.31. The zero-order valence-corrected chi connectivity index (χ0v) is 11.8. The lowest BCUT2D eigenvalue weighted by Crippen LogP contribution is -2.40. The van der Waals surface area contributed by atoms with E-state index in [4.69, 9.17) is 5.11 Å². The second-order valence-corrected chi connectivity index (χ2v) is 5.32. The average molecular weight is 303 g/mol. The van der Waals surface area contributed by atoms with Crippen molar-refractivity contribution >= 4 is 0 Å². The molecule has 1 fully saturated rings. The fraction of sp³-hybridized carbons (Fsp3) is 0.600. The largest absolute Gasteiger partial charge is 0.573 e. The molecular formula is C15H20F3NO2. The van der Waals surface area contributed by atoms with E-state index in [1.807, 2.05) is 0 Å². The van der Waals surface area contributed by atoms with Gasteiger partial charge >= 0.3 is 6.36 Å². The van der Waals surface area contributed by atoms with Crippen molar-refractivity contribution in [1.29, 1.82) is 0 Å². The third-order valence-corrected chi connectivity index (χ3v) is 3.74. The Labute approximate surface area is 122 Å². The number of hydrogen-bond donors (Lipinski definition) is 1. The van der Waals surface area contributed by atoms with Crippen molar-refractivity contribution in [3.8, 4) is 5.75 Å². The van der Waals surface area contributed by atoms with Crippen LogP contribution >= 0.6 is 0 Å². The maximum atomic E-state index is 12.1. The van der Waals surface area contributed by atoms with Crippen LogP contribution in [0.5, 0.6) is 5.75 Å². The molecule has 3 nitrogen and oxygen atoms in total. The zero-order valence-electron chi connectivity index (χ0n) is 11.8. The van der Waals surface area contributed by atoms with Gasteiger partial charge in [-0.15, -0.1) is 13.2 Å². The van der Waals surface area contributed by atoms with Gasteiger partial charge in [-0.25, -0.2) is 0 Å². The molecule has 21 heavy (non-hydrogen) atoms. The van der Waals surface area contributed by atoms with Gasteiger partial charge in [-0.2, -0.15) is 0 Å². The minimum Gasteiger partial charge on any atom is -0.406 e. The van der Waals surface area contributed by atoms with Crippen molar-refractivity contribution in [3.63, 3.8) is 0 Å². The highest BCUT2D eigenvalue weighted by atomic mass is 19.4. The average Bonchev–Trinajstić information content (AvgIpc) is 2.34. The van der Waals surface area contributed by atoms with Gasteiger partial charge in [0.05, 0.1) is 0 Å². The zero-order chi connectivity index (χ0) is 15.3. The van der Waals surface area contributed by atoms with Crippen LogP contribution in [0.1, 0.15) is 31.2 Å². The Balaban J connectivity index is 1.93. The second-order valence-electron chi connectivity index (χ2n) is 5.32. The van der Waals surface area contributed by atoms with Gasteiger partial charge in [0.15, 0.2) is 0 Å². The molecule has 1 aliphatic carbocycles. The fourth-order valence-corrected chi connectivity index (χ4v) is 2.45. The lowest BCUT2D eigenvalue weighted by molar-refractivity contribution is -0.274. The van der Waals surface area contributed by atoms with E-state index in [-0.39, 0.29) is 12.4 Å². The number of aliphatic hydroxyl groups excluding tert-OH is 1. The Morgan fingerprint density at radius 3 is 2.33 bits per heavy atom. The van der Waals surface area contributed by atoms with Gasteiger partial charge in [-0.05, 0) is 37.0 Å². The molecule has 1 aromatic rings. The Morgan fingerprint density at radius 2 is 1.86 bits per heavy atom. The standard InChI is InChI=1S/C15H20F3NO2/c16-15(17,18)21-14-7-5-12(6-8-14)11-19(9-2-10-20)13-3-1-4-13/h5-8,13,20H,1-4,9-11H2. The Kier molecular flexibility index (Phi) is 5.47. The molecule has 1 saturated carbocycles. The van der Waals surface area contributed by atoms with Crippen LogP contribution in [-0.2, 0) is 6.54 Å². The van der Waals surface area contributed by atoms with Crippen LogP contribution in [0.15, 0.2) is 24.3 Å². The lowest BCUT2D eigenvalue weighted by Gasteiger charge is -2.37. The quantitative estimate of drug-likeness (QED) is 0.838. The molecule has 0 amide bonds. The monoisotopic (exact) mass is 303 g/mol. The summed E-state index contributed by atoms with van der Waals surface area (Å²) >= 11 is 0.